The summed E-state index contributed by atoms with van der Waals surface area (Å²) in [5.41, 5.74) is 2.38. The summed E-state index contributed by atoms with van der Waals surface area (Å²) >= 11 is 1.79. The maximum Gasteiger partial charge on any atom is 0.425 e. The largest absolute Gasteiger partial charge is 0.443 e. The number of aryl methyl sites for hydroxylation is 1. The van der Waals surface area contributed by atoms with Crippen LogP contribution in [0.15, 0.2) is 96.3 Å². The molecule has 0 atom stereocenters. The molecule has 0 unspecified atom stereocenters. The van der Waals surface area contributed by atoms with Crippen molar-refractivity contribution in [2.75, 3.05) is 10.2 Å². The maximum absolute atomic E-state index is 13.3. The molecule has 9 nitrogen and oxygen atoms in total. The molecule has 0 aliphatic rings. The lowest BCUT2D eigenvalue weighted by molar-refractivity contribution is 0.0429. The lowest BCUT2D eigenvalue weighted by atomic mass is 10.1. The van der Waals surface area contributed by atoms with Crippen molar-refractivity contribution in [3.05, 3.63) is 114 Å². The Balaban J connectivity index is 1.43. The molecule has 2 aromatic carbocycles. The van der Waals surface area contributed by atoms with E-state index in [0.717, 1.165) is 32.7 Å². The highest BCUT2D eigenvalue weighted by atomic mass is 32.2. The number of fused-ring (bicyclic) bond motifs is 1. The van der Waals surface area contributed by atoms with Gasteiger partial charge in [-0.1, -0.05) is 36.3 Å². The number of carbonyl (C=O) groups is 2. The molecule has 0 radical (unpaired) electrons. The quantitative estimate of drug-likeness (QED) is 0.139. The maximum atomic E-state index is 13.3. The van der Waals surface area contributed by atoms with Crippen LogP contribution in [0.4, 0.5) is 26.9 Å². The third kappa shape index (κ3) is 9.58. The highest BCUT2D eigenvalue weighted by Crippen LogP contribution is 2.29. The van der Waals surface area contributed by atoms with Crippen LogP contribution in [0.3, 0.4) is 0 Å². The third-order valence-electron chi connectivity index (χ3n) is 6.82. The van der Waals surface area contributed by atoms with Crippen LogP contribution < -0.4 is 10.2 Å². The minimum Gasteiger partial charge on any atom is -0.443 e. The lowest BCUT2D eigenvalue weighted by Gasteiger charge is -2.28. The van der Waals surface area contributed by atoms with Gasteiger partial charge in [-0.2, -0.15) is 4.90 Å². The Hall–Kier alpha value is -5.40. The summed E-state index contributed by atoms with van der Waals surface area (Å²) in [6, 6.07) is 23.8. The van der Waals surface area contributed by atoms with Gasteiger partial charge in [0.1, 0.15) is 22.7 Å². The van der Waals surface area contributed by atoms with Gasteiger partial charge in [0.05, 0.1) is 5.56 Å². The van der Waals surface area contributed by atoms with Crippen molar-refractivity contribution >= 4 is 52.0 Å². The van der Waals surface area contributed by atoms with E-state index in [1.54, 1.807) is 77.8 Å². The fraction of sp³-hybridized carbons (Fsp3) is 0.256. The third-order valence-corrected chi connectivity index (χ3v) is 7.89. The zero-order valence-electron chi connectivity index (χ0n) is 28.7. The van der Waals surface area contributed by atoms with Gasteiger partial charge in [0, 0.05) is 45.7 Å². The molecule has 0 aliphatic heterocycles. The van der Waals surface area contributed by atoms with Crippen molar-refractivity contribution in [3.8, 4) is 11.8 Å². The van der Waals surface area contributed by atoms with E-state index in [0.29, 0.717) is 17.1 Å². The highest BCUT2D eigenvalue weighted by molar-refractivity contribution is 7.98. The van der Waals surface area contributed by atoms with Crippen molar-refractivity contribution in [2.24, 2.45) is 0 Å². The number of nitrogens with one attached hydrogen (secondary N) is 1. The molecule has 0 fully saturated rings. The van der Waals surface area contributed by atoms with E-state index in [1.165, 1.54) is 16.7 Å². The van der Waals surface area contributed by atoms with Gasteiger partial charge < -0.3 is 14.8 Å². The van der Waals surface area contributed by atoms with Crippen LogP contribution in [0.5, 0.6) is 0 Å². The Morgan fingerprint density at radius 3 is 2.20 bits per heavy atom. The molecule has 2 amide bonds. The molecule has 49 heavy (non-hydrogen) atoms. The first-order valence-corrected chi connectivity index (χ1v) is 16.8. The second-order valence-electron chi connectivity index (χ2n) is 13.2. The van der Waals surface area contributed by atoms with E-state index < -0.39 is 23.4 Å². The molecule has 0 saturated heterocycles. The molecule has 5 aromatic rings. The van der Waals surface area contributed by atoms with Crippen LogP contribution in [0.25, 0.3) is 10.8 Å². The first-order chi connectivity index (χ1) is 23.3. The first kappa shape index (κ1) is 34.9. The Bertz CT molecular complexity index is 2010. The number of anilines is 3. The number of ether oxygens (including phenoxy) is 2. The molecule has 250 valence electrons. The van der Waals surface area contributed by atoms with Gasteiger partial charge in [-0.05, 0) is 108 Å². The Kier molecular flexibility index (Phi) is 10.5. The van der Waals surface area contributed by atoms with Crippen LogP contribution >= 0.6 is 11.8 Å². The second kappa shape index (κ2) is 14.8. The zero-order chi connectivity index (χ0) is 35.2. The number of thioether (sulfide) groups is 1. The molecule has 5 rings (SSSR count). The summed E-state index contributed by atoms with van der Waals surface area (Å²) in [6.45, 7) is 12.3. The molecule has 0 saturated carbocycles. The fourth-order valence-corrected chi connectivity index (χ4v) is 5.59. The van der Waals surface area contributed by atoms with Gasteiger partial charge in [-0.3, -0.25) is 0 Å². The second-order valence-corrected chi connectivity index (χ2v) is 14.3. The number of hydrogen-bond donors (Lipinski definition) is 1. The summed E-state index contributed by atoms with van der Waals surface area (Å²) in [7, 11) is 0. The van der Waals surface area contributed by atoms with E-state index in [1.807, 2.05) is 18.2 Å². The number of rotatable bonds is 6. The van der Waals surface area contributed by atoms with Crippen molar-refractivity contribution in [1.82, 2.24) is 15.0 Å². The molecular formula is C39H39N5O4S. The topological polar surface area (TPSA) is 107 Å². The predicted molar refractivity (Wildman–Crippen MR) is 195 cm³/mol. The van der Waals surface area contributed by atoms with E-state index in [4.69, 9.17) is 9.47 Å². The average Bonchev–Trinajstić information content (AvgIpc) is 3.03. The van der Waals surface area contributed by atoms with Crippen LogP contribution in [0, 0.1) is 18.8 Å². The van der Waals surface area contributed by atoms with Gasteiger partial charge in [-0.25, -0.2) is 24.5 Å². The zero-order valence-corrected chi connectivity index (χ0v) is 29.5. The number of aromatic nitrogens is 3. The number of nitrogens with zero attached hydrogens (tertiary/aromatic N) is 4. The van der Waals surface area contributed by atoms with Gasteiger partial charge in [0.2, 0.25) is 0 Å². The number of amides is 2. The van der Waals surface area contributed by atoms with Crippen LogP contribution in [-0.2, 0) is 15.2 Å². The predicted octanol–water partition coefficient (Wildman–Crippen LogP) is 9.45. The minimum absolute atomic E-state index is 0.0105. The first-order valence-electron chi connectivity index (χ1n) is 15.8. The van der Waals surface area contributed by atoms with Gasteiger partial charge in [-0.15, -0.1) is 11.8 Å². The number of pyridine rings is 3. The standard InChI is InChI=1S/C39H39N5O4S/c1-26-22-30(49-25-27-12-9-8-10-13-27)16-18-32(26)43-34-23-31-29(24-42-34)19-21-40-33(31)17-15-28-14-11-20-41-35(28)44(36(45)47-38(2,3)4)37(46)48-39(5,6)7/h8-14,16,18-24H,25H2,1-7H3,(H,42,43). The Morgan fingerprint density at radius 1 is 0.816 bits per heavy atom. The average molecular weight is 674 g/mol. The van der Waals surface area contributed by atoms with Crippen molar-refractivity contribution in [2.45, 2.75) is 70.3 Å². The molecule has 1 N–H and O–H groups in total. The summed E-state index contributed by atoms with van der Waals surface area (Å²) in [6.07, 6.45) is 3.05. The summed E-state index contributed by atoms with van der Waals surface area (Å²) in [4.78, 5) is 42.1. The minimum atomic E-state index is -0.924. The number of hydrogen-bond acceptors (Lipinski definition) is 9. The van der Waals surface area contributed by atoms with E-state index in [-0.39, 0.29) is 5.82 Å². The molecule has 3 heterocycles. The Labute approximate surface area is 291 Å². The number of imide groups is 1. The molecule has 0 bridgehead atoms. The number of carbonyl (C=O) groups excluding carboxylic acids is 2. The fourth-order valence-electron chi connectivity index (χ4n) is 4.64. The molecule has 0 aliphatic carbocycles. The molecule has 10 heteroatoms. The van der Waals surface area contributed by atoms with Crippen molar-refractivity contribution in [3.63, 3.8) is 0 Å². The SMILES string of the molecule is Cc1cc(SCc2ccccc2)ccc1Nc1cc2c(C#Cc3cccnc3N(C(=O)OC(C)(C)C)C(=O)OC(C)(C)C)nccc2cn1. The van der Waals surface area contributed by atoms with E-state index >= 15 is 0 Å². The van der Waals surface area contributed by atoms with E-state index in [9.17, 15) is 9.59 Å². The van der Waals surface area contributed by atoms with Crippen molar-refractivity contribution in [1.29, 1.82) is 0 Å². The summed E-state index contributed by atoms with van der Waals surface area (Å²) in [5.74, 6) is 7.72. The molecular weight excluding hydrogens is 635 g/mol. The molecule has 3 aromatic heterocycles. The Morgan fingerprint density at radius 2 is 1.53 bits per heavy atom. The van der Waals surface area contributed by atoms with Gasteiger partial charge >= 0.3 is 12.2 Å². The normalized spacial score (nSPS) is 11.3. The number of benzene rings is 2. The summed E-state index contributed by atoms with van der Waals surface area (Å²) in [5, 5.41) is 5.07. The lowest BCUT2D eigenvalue weighted by Crippen LogP contribution is -2.44. The summed E-state index contributed by atoms with van der Waals surface area (Å²) < 4.78 is 11.1. The van der Waals surface area contributed by atoms with Crippen molar-refractivity contribution < 1.29 is 19.1 Å². The van der Waals surface area contributed by atoms with Crippen LogP contribution in [0.2, 0.25) is 0 Å². The monoisotopic (exact) mass is 673 g/mol. The highest BCUT2D eigenvalue weighted by Gasteiger charge is 2.34. The molecule has 0 spiro atoms. The smallest absolute Gasteiger partial charge is 0.425 e. The van der Waals surface area contributed by atoms with E-state index in [2.05, 4.69) is 81.5 Å². The van der Waals surface area contributed by atoms with Crippen LogP contribution in [-0.4, -0.2) is 38.3 Å². The van der Waals surface area contributed by atoms with Gasteiger partial charge in [0.15, 0.2) is 5.82 Å². The van der Waals surface area contributed by atoms with Crippen LogP contribution in [0.1, 0.15) is 63.9 Å². The van der Waals surface area contributed by atoms with Gasteiger partial charge in [0.25, 0.3) is 0 Å².